The Hall–Kier alpha value is -2.02. The number of urea groups is 1. The maximum Gasteiger partial charge on any atom is 0.324 e. The molecule has 0 saturated carbocycles. The molecule has 7 heteroatoms. The van der Waals surface area contributed by atoms with Gasteiger partial charge >= 0.3 is 6.03 Å². The molecule has 5 nitrogen and oxygen atoms in total. The van der Waals surface area contributed by atoms with Crippen LogP contribution in [-0.2, 0) is 4.79 Å². The minimum atomic E-state index is -1.48. The maximum absolute atomic E-state index is 13.6. The molecule has 3 amide bonds. The van der Waals surface area contributed by atoms with Crippen LogP contribution in [0.25, 0.3) is 0 Å². The van der Waals surface area contributed by atoms with Gasteiger partial charge in [-0.3, -0.25) is 9.69 Å². The highest BCUT2D eigenvalue weighted by Gasteiger charge is 2.39. The van der Waals surface area contributed by atoms with Crippen molar-refractivity contribution >= 4 is 11.9 Å². The summed E-state index contributed by atoms with van der Waals surface area (Å²) in [6, 6.07) is 1.40. The summed E-state index contributed by atoms with van der Waals surface area (Å²) in [7, 11) is 0. The summed E-state index contributed by atoms with van der Waals surface area (Å²) in [6.07, 6.45) is -1.01. The lowest BCUT2D eigenvalue weighted by Crippen LogP contribution is -2.35. The third-order valence-electron chi connectivity index (χ3n) is 3.49. The molecule has 2 unspecified atom stereocenters. The Kier molecular flexibility index (Phi) is 4.75. The van der Waals surface area contributed by atoms with Crippen LogP contribution in [0.4, 0.5) is 13.6 Å². The van der Waals surface area contributed by atoms with Crippen molar-refractivity contribution in [2.45, 2.75) is 32.4 Å². The number of hydrogen-bond donors (Lipinski definition) is 2. The SMILES string of the molecule is CC(C)CC1NC(=O)N(CC(O)c2cc(F)ccc2F)C1=O. The van der Waals surface area contributed by atoms with E-state index in [0.717, 1.165) is 23.1 Å². The second-order valence-corrected chi connectivity index (χ2v) is 5.76. The summed E-state index contributed by atoms with van der Waals surface area (Å²) in [4.78, 5) is 24.8. The van der Waals surface area contributed by atoms with E-state index in [1.807, 2.05) is 13.8 Å². The number of β-amino-alcohol motifs (C(OH)–C–C–N with tert-alkyl or cyclic N) is 1. The van der Waals surface area contributed by atoms with E-state index in [-0.39, 0.29) is 11.5 Å². The fraction of sp³-hybridized carbons (Fsp3) is 0.467. The molecule has 0 bridgehead atoms. The summed E-state index contributed by atoms with van der Waals surface area (Å²) >= 11 is 0. The topological polar surface area (TPSA) is 69.6 Å². The van der Waals surface area contributed by atoms with Gasteiger partial charge in [0, 0.05) is 5.56 Å². The van der Waals surface area contributed by atoms with Crippen molar-refractivity contribution in [3.8, 4) is 0 Å². The molecule has 2 atom stereocenters. The zero-order valence-electron chi connectivity index (χ0n) is 12.3. The van der Waals surface area contributed by atoms with Gasteiger partial charge in [0.05, 0.1) is 6.54 Å². The van der Waals surface area contributed by atoms with E-state index in [2.05, 4.69) is 5.32 Å². The molecule has 1 aromatic rings. The molecular formula is C15H18F2N2O3. The fourth-order valence-electron chi connectivity index (χ4n) is 2.42. The average Bonchev–Trinajstić information content (AvgIpc) is 2.68. The molecule has 22 heavy (non-hydrogen) atoms. The summed E-state index contributed by atoms with van der Waals surface area (Å²) < 4.78 is 26.7. The van der Waals surface area contributed by atoms with Crippen molar-refractivity contribution in [1.82, 2.24) is 10.2 Å². The molecule has 120 valence electrons. The molecular weight excluding hydrogens is 294 g/mol. The number of rotatable bonds is 5. The lowest BCUT2D eigenvalue weighted by atomic mass is 10.0. The number of carbonyl (C=O) groups is 2. The summed E-state index contributed by atoms with van der Waals surface area (Å²) in [5.74, 6) is -1.75. The number of imide groups is 1. The Labute approximate surface area is 126 Å². The second-order valence-electron chi connectivity index (χ2n) is 5.76. The van der Waals surface area contributed by atoms with Gasteiger partial charge in [0.2, 0.25) is 0 Å². The minimum absolute atomic E-state index is 0.208. The van der Waals surface area contributed by atoms with Crippen molar-refractivity contribution in [3.05, 3.63) is 35.4 Å². The monoisotopic (exact) mass is 312 g/mol. The Bertz CT molecular complexity index is 592. The quantitative estimate of drug-likeness (QED) is 0.817. The van der Waals surface area contributed by atoms with Gasteiger partial charge in [-0.2, -0.15) is 0 Å². The van der Waals surface area contributed by atoms with Gasteiger partial charge in [0.25, 0.3) is 5.91 Å². The van der Waals surface area contributed by atoms with Crippen LogP contribution in [0.1, 0.15) is 31.9 Å². The predicted octanol–water partition coefficient (Wildman–Crippen LogP) is 1.96. The van der Waals surface area contributed by atoms with Crippen molar-refractivity contribution in [3.63, 3.8) is 0 Å². The molecule has 1 aliphatic rings. The lowest BCUT2D eigenvalue weighted by Gasteiger charge is -2.18. The standard InChI is InChI=1S/C15H18F2N2O3/c1-8(2)5-12-14(21)19(15(22)18-12)7-13(20)10-6-9(16)3-4-11(10)17/h3-4,6,8,12-13,20H,5,7H2,1-2H3,(H,18,22). The van der Waals surface area contributed by atoms with E-state index >= 15 is 0 Å². The zero-order valence-corrected chi connectivity index (χ0v) is 12.3. The van der Waals surface area contributed by atoms with Gasteiger partial charge in [0.15, 0.2) is 0 Å². The number of nitrogens with one attached hydrogen (secondary N) is 1. The van der Waals surface area contributed by atoms with Crippen LogP contribution in [0.5, 0.6) is 0 Å². The molecule has 0 radical (unpaired) electrons. The first-order chi connectivity index (χ1) is 10.3. The highest BCUT2D eigenvalue weighted by atomic mass is 19.1. The van der Waals surface area contributed by atoms with Gasteiger partial charge in [-0.25, -0.2) is 13.6 Å². The first kappa shape index (κ1) is 16.4. The number of hydrogen-bond acceptors (Lipinski definition) is 3. The van der Waals surface area contributed by atoms with Gasteiger partial charge in [-0.1, -0.05) is 13.8 Å². The summed E-state index contributed by atoms with van der Waals surface area (Å²) in [6.45, 7) is 3.41. The highest BCUT2D eigenvalue weighted by molar-refractivity contribution is 6.04. The van der Waals surface area contributed by atoms with E-state index in [1.54, 1.807) is 0 Å². The van der Waals surface area contributed by atoms with E-state index in [9.17, 15) is 23.5 Å². The molecule has 2 N–H and O–H groups in total. The molecule has 1 heterocycles. The normalized spacial score (nSPS) is 19.7. The van der Waals surface area contributed by atoms with Gasteiger partial charge in [-0.15, -0.1) is 0 Å². The van der Waals surface area contributed by atoms with E-state index in [1.165, 1.54) is 0 Å². The molecule has 0 aliphatic carbocycles. The van der Waals surface area contributed by atoms with Crippen LogP contribution < -0.4 is 5.32 Å². The number of aliphatic hydroxyl groups excluding tert-OH is 1. The summed E-state index contributed by atoms with van der Waals surface area (Å²) in [5, 5.41) is 12.5. The van der Waals surface area contributed by atoms with Crippen molar-refractivity contribution in [1.29, 1.82) is 0 Å². The maximum atomic E-state index is 13.6. The molecule has 0 spiro atoms. The Morgan fingerprint density at radius 1 is 1.32 bits per heavy atom. The van der Waals surface area contributed by atoms with Crippen LogP contribution in [0.15, 0.2) is 18.2 Å². The number of halogens is 2. The number of nitrogens with zero attached hydrogens (tertiary/aromatic N) is 1. The van der Waals surface area contributed by atoms with Gasteiger partial charge < -0.3 is 10.4 Å². The van der Waals surface area contributed by atoms with Crippen molar-refractivity contribution < 1.29 is 23.5 Å². The Morgan fingerprint density at radius 3 is 2.64 bits per heavy atom. The molecule has 1 saturated heterocycles. The number of benzene rings is 1. The first-order valence-electron chi connectivity index (χ1n) is 7.04. The third kappa shape index (κ3) is 3.41. The first-order valence-corrected chi connectivity index (χ1v) is 7.04. The third-order valence-corrected chi connectivity index (χ3v) is 3.49. The van der Waals surface area contributed by atoms with Crippen LogP contribution >= 0.6 is 0 Å². The van der Waals surface area contributed by atoms with Gasteiger partial charge in [-0.05, 0) is 30.5 Å². The van der Waals surface area contributed by atoms with Crippen LogP contribution in [0, 0.1) is 17.6 Å². The predicted molar refractivity (Wildman–Crippen MR) is 74.8 cm³/mol. The Morgan fingerprint density at radius 2 is 2.00 bits per heavy atom. The van der Waals surface area contributed by atoms with E-state index < -0.39 is 42.3 Å². The fourth-order valence-corrected chi connectivity index (χ4v) is 2.42. The molecule has 1 fully saturated rings. The summed E-state index contributed by atoms with van der Waals surface area (Å²) in [5.41, 5.74) is -0.284. The smallest absolute Gasteiger partial charge is 0.324 e. The number of amides is 3. The molecule has 1 aliphatic heterocycles. The Balaban J connectivity index is 2.11. The molecule has 2 rings (SSSR count). The number of aliphatic hydroxyl groups is 1. The minimum Gasteiger partial charge on any atom is -0.386 e. The van der Waals surface area contributed by atoms with Gasteiger partial charge in [0.1, 0.15) is 23.8 Å². The van der Waals surface area contributed by atoms with Crippen LogP contribution in [0.2, 0.25) is 0 Å². The number of carbonyl (C=O) groups excluding carboxylic acids is 2. The highest BCUT2D eigenvalue weighted by Crippen LogP contribution is 2.22. The van der Waals surface area contributed by atoms with E-state index in [0.29, 0.717) is 6.42 Å². The second kappa shape index (κ2) is 6.39. The van der Waals surface area contributed by atoms with Crippen molar-refractivity contribution in [2.24, 2.45) is 5.92 Å². The largest absolute Gasteiger partial charge is 0.386 e. The van der Waals surface area contributed by atoms with Crippen LogP contribution in [-0.4, -0.2) is 34.5 Å². The molecule has 1 aromatic carbocycles. The lowest BCUT2D eigenvalue weighted by molar-refractivity contribution is -0.128. The van der Waals surface area contributed by atoms with Crippen molar-refractivity contribution in [2.75, 3.05) is 6.54 Å². The molecule has 0 aromatic heterocycles. The van der Waals surface area contributed by atoms with Crippen LogP contribution in [0.3, 0.4) is 0 Å². The van der Waals surface area contributed by atoms with E-state index in [4.69, 9.17) is 0 Å². The average molecular weight is 312 g/mol. The zero-order chi connectivity index (χ0) is 16.4.